The molecular formula is C14H16N4O3. The van der Waals surface area contributed by atoms with E-state index in [0.717, 1.165) is 0 Å². The Balaban J connectivity index is 2.35. The quantitative estimate of drug-likeness (QED) is 0.664. The van der Waals surface area contributed by atoms with E-state index in [-0.39, 0.29) is 36.4 Å². The summed E-state index contributed by atoms with van der Waals surface area (Å²) in [5.74, 6) is 2.08. The smallest absolute Gasteiger partial charge is 0.273 e. The van der Waals surface area contributed by atoms with Crippen LogP contribution in [-0.2, 0) is 18.3 Å². The lowest BCUT2D eigenvalue weighted by atomic mass is 10.0. The average molecular weight is 288 g/mol. The maximum Gasteiger partial charge on any atom is 0.273 e. The summed E-state index contributed by atoms with van der Waals surface area (Å²) in [5, 5.41) is 5.57. The highest BCUT2D eigenvalue weighted by Gasteiger charge is 2.15. The zero-order chi connectivity index (χ0) is 15.6. The van der Waals surface area contributed by atoms with Crippen molar-refractivity contribution in [2.24, 2.45) is 7.05 Å². The number of aryl methyl sites for hydroxylation is 2. The van der Waals surface area contributed by atoms with Crippen LogP contribution in [0.15, 0.2) is 9.59 Å². The molecule has 0 saturated carbocycles. The lowest BCUT2D eigenvalue weighted by molar-refractivity contribution is -0.120. The third-order valence-electron chi connectivity index (χ3n) is 3.39. The van der Waals surface area contributed by atoms with E-state index in [1.807, 2.05) is 0 Å². The first-order valence-corrected chi connectivity index (χ1v) is 6.46. The molecule has 110 valence electrons. The molecule has 3 N–H and O–H groups in total. The van der Waals surface area contributed by atoms with Gasteiger partial charge in [-0.25, -0.2) is 0 Å². The number of hydrogen-bond donors (Lipinski definition) is 3. The Morgan fingerprint density at radius 3 is 2.76 bits per heavy atom. The average Bonchev–Trinajstić information content (AvgIpc) is 2.71. The highest BCUT2D eigenvalue weighted by molar-refractivity contribution is 5.80. The minimum absolute atomic E-state index is 0.141. The summed E-state index contributed by atoms with van der Waals surface area (Å²) in [6, 6.07) is 0. The van der Waals surface area contributed by atoms with E-state index in [1.165, 1.54) is 4.68 Å². The summed E-state index contributed by atoms with van der Waals surface area (Å²) < 4.78 is 1.47. The van der Waals surface area contributed by atoms with Gasteiger partial charge in [-0.15, -0.1) is 6.42 Å². The van der Waals surface area contributed by atoms with Crippen molar-refractivity contribution in [3.63, 3.8) is 0 Å². The molecule has 0 aliphatic rings. The summed E-state index contributed by atoms with van der Waals surface area (Å²) in [7, 11) is 1.64. The predicted octanol–water partition coefficient (Wildman–Crippen LogP) is -0.455. The number of carbonyl (C=O) groups excluding carboxylic acids is 1. The Morgan fingerprint density at radius 1 is 1.38 bits per heavy atom. The van der Waals surface area contributed by atoms with E-state index >= 15 is 0 Å². The molecule has 7 heteroatoms. The number of H-pyrrole nitrogens is 2. The van der Waals surface area contributed by atoms with Gasteiger partial charge in [-0.3, -0.25) is 24.2 Å². The zero-order valence-electron chi connectivity index (χ0n) is 11.9. The van der Waals surface area contributed by atoms with E-state index in [2.05, 4.69) is 21.3 Å². The monoisotopic (exact) mass is 288 g/mol. The normalized spacial score (nSPS) is 10.5. The van der Waals surface area contributed by atoms with Gasteiger partial charge in [-0.05, 0) is 18.9 Å². The van der Waals surface area contributed by atoms with Gasteiger partial charge in [-0.1, -0.05) is 5.92 Å². The maximum absolute atomic E-state index is 12.1. The topological polar surface area (TPSA) is 99.8 Å². The number of aromatic nitrogens is 3. The number of carbonyl (C=O) groups is 1. The third-order valence-corrected chi connectivity index (χ3v) is 3.39. The lowest BCUT2D eigenvalue weighted by Crippen LogP contribution is -2.25. The van der Waals surface area contributed by atoms with Gasteiger partial charge in [0.05, 0.1) is 11.9 Å². The fraction of sp³-hybridized carbons (Fsp3) is 0.357. The summed E-state index contributed by atoms with van der Waals surface area (Å²) in [5.41, 5.74) is 0.928. The van der Waals surface area contributed by atoms with Crippen LogP contribution >= 0.6 is 0 Å². The standard InChI is InChI=1S/C14H16N4O3/c1-4-7-15-10(19)6-5-9-8(2)11-12(16-13(9)20)18(3)17-14(11)21/h1H,5-7H2,2-3H3,(H,15,19)(H,16,20)(H,17,21). The van der Waals surface area contributed by atoms with Crippen LogP contribution in [0.5, 0.6) is 0 Å². The molecule has 0 aliphatic carbocycles. The molecule has 2 aromatic heterocycles. The van der Waals surface area contributed by atoms with E-state index < -0.39 is 0 Å². The van der Waals surface area contributed by atoms with Crippen molar-refractivity contribution < 1.29 is 4.79 Å². The van der Waals surface area contributed by atoms with Gasteiger partial charge in [0.2, 0.25) is 5.91 Å². The first kappa shape index (κ1) is 14.7. The van der Waals surface area contributed by atoms with Crippen molar-refractivity contribution in [3.05, 3.63) is 31.8 Å². The molecule has 7 nitrogen and oxygen atoms in total. The highest BCUT2D eigenvalue weighted by atomic mass is 16.2. The van der Waals surface area contributed by atoms with Gasteiger partial charge in [0.15, 0.2) is 0 Å². The first-order chi connectivity index (χ1) is 9.95. The Bertz CT molecular complexity index is 848. The number of nitrogens with zero attached hydrogens (tertiary/aromatic N) is 1. The van der Waals surface area contributed by atoms with E-state index in [9.17, 15) is 14.4 Å². The molecule has 0 radical (unpaired) electrons. The fourth-order valence-electron chi connectivity index (χ4n) is 2.32. The van der Waals surface area contributed by atoms with Crippen LogP contribution in [0, 0.1) is 19.3 Å². The SMILES string of the molecule is C#CCNC(=O)CCc1c(C)c2c(=O)[nH]n(C)c2[nH]c1=O. The number of amides is 1. The number of pyridine rings is 1. The zero-order valence-corrected chi connectivity index (χ0v) is 11.9. The van der Waals surface area contributed by atoms with Crippen LogP contribution in [0.4, 0.5) is 0 Å². The molecular weight excluding hydrogens is 272 g/mol. The molecule has 0 aliphatic heterocycles. The second kappa shape index (κ2) is 5.71. The van der Waals surface area contributed by atoms with Gasteiger partial charge in [0, 0.05) is 19.0 Å². The summed E-state index contributed by atoms with van der Waals surface area (Å²) in [6.07, 6.45) is 5.45. The molecule has 0 saturated heterocycles. The van der Waals surface area contributed by atoms with Crippen molar-refractivity contribution in [2.45, 2.75) is 19.8 Å². The van der Waals surface area contributed by atoms with E-state index in [0.29, 0.717) is 22.2 Å². The Hall–Kier alpha value is -2.75. The second-order valence-corrected chi connectivity index (χ2v) is 4.76. The maximum atomic E-state index is 12.1. The van der Waals surface area contributed by atoms with Crippen LogP contribution in [0.2, 0.25) is 0 Å². The molecule has 0 aromatic carbocycles. The number of terminal acetylenes is 1. The summed E-state index contributed by atoms with van der Waals surface area (Å²) in [6.45, 7) is 1.87. The van der Waals surface area contributed by atoms with Crippen molar-refractivity contribution in [1.29, 1.82) is 0 Å². The minimum atomic E-state index is -0.292. The highest BCUT2D eigenvalue weighted by Crippen LogP contribution is 2.14. The second-order valence-electron chi connectivity index (χ2n) is 4.76. The van der Waals surface area contributed by atoms with Crippen molar-refractivity contribution in [1.82, 2.24) is 20.1 Å². The van der Waals surface area contributed by atoms with Gasteiger partial charge >= 0.3 is 0 Å². The first-order valence-electron chi connectivity index (χ1n) is 6.46. The van der Waals surface area contributed by atoms with Gasteiger partial charge < -0.3 is 10.3 Å². The minimum Gasteiger partial charge on any atom is -0.345 e. The van der Waals surface area contributed by atoms with Crippen LogP contribution in [0.3, 0.4) is 0 Å². The predicted molar refractivity (Wildman–Crippen MR) is 79.1 cm³/mol. The Morgan fingerprint density at radius 2 is 2.10 bits per heavy atom. The van der Waals surface area contributed by atoms with E-state index in [4.69, 9.17) is 6.42 Å². The number of hydrogen-bond acceptors (Lipinski definition) is 3. The molecule has 0 atom stereocenters. The number of aromatic amines is 2. The lowest BCUT2D eigenvalue weighted by Gasteiger charge is -2.06. The van der Waals surface area contributed by atoms with Crippen LogP contribution < -0.4 is 16.4 Å². The van der Waals surface area contributed by atoms with Crippen molar-refractivity contribution in [3.8, 4) is 12.3 Å². The number of fused-ring (bicyclic) bond motifs is 1. The number of nitrogens with one attached hydrogen (secondary N) is 3. The molecule has 0 bridgehead atoms. The van der Waals surface area contributed by atoms with Gasteiger partial charge in [-0.2, -0.15) is 0 Å². The molecule has 2 aromatic rings. The molecule has 0 fully saturated rings. The van der Waals surface area contributed by atoms with Crippen LogP contribution in [-0.4, -0.2) is 27.2 Å². The molecule has 2 rings (SSSR count). The van der Waals surface area contributed by atoms with Crippen molar-refractivity contribution in [2.75, 3.05) is 6.54 Å². The Labute approximate surface area is 120 Å². The van der Waals surface area contributed by atoms with Crippen LogP contribution in [0.1, 0.15) is 17.5 Å². The van der Waals surface area contributed by atoms with Crippen molar-refractivity contribution >= 4 is 16.9 Å². The van der Waals surface area contributed by atoms with Gasteiger partial charge in [0.25, 0.3) is 11.1 Å². The molecule has 2 heterocycles. The molecule has 21 heavy (non-hydrogen) atoms. The van der Waals surface area contributed by atoms with Gasteiger partial charge in [0.1, 0.15) is 5.65 Å². The van der Waals surface area contributed by atoms with E-state index in [1.54, 1.807) is 14.0 Å². The third kappa shape index (κ3) is 2.74. The molecule has 0 spiro atoms. The number of rotatable bonds is 4. The Kier molecular flexibility index (Phi) is 3.98. The largest absolute Gasteiger partial charge is 0.345 e. The summed E-state index contributed by atoms with van der Waals surface area (Å²) >= 11 is 0. The molecule has 0 unspecified atom stereocenters. The summed E-state index contributed by atoms with van der Waals surface area (Å²) in [4.78, 5) is 38.2. The van der Waals surface area contributed by atoms with Crippen LogP contribution in [0.25, 0.3) is 11.0 Å². The molecule has 1 amide bonds. The fourth-order valence-corrected chi connectivity index (χ4v) is 2.32.